The van der Waals surface area contributed by atoms with Crippen LogP contribution in [-0.4, -0.2) is 26.1 Å². The number of benzene rings is 1. The molecule has 106 valence electrons. The zero-order valence-electron chi connectivity index (χ0n) is 11.6. The summed E-state index contributed by atoms with van der Waals surface area (Å²) in [5.41, 5.74) is 1.02. The highest BCUT2D eigenvalue weighted by Crippen LogP contribution is 2.24. The number of carbonyl (C=O) groups is 1. The van der Waals surface area contributed by atoms with Gasteiger partial charge in [0, 0.05) is 13.1 Å². The molecule has 1 aromatic carbocycles. The van der Waals surface area contributed by atoms with Crippen LogP contribution in [-0.2, 0) is 11.3 Å². The topological polar surface area (TPSA) is 50.4 Å². The van der Waals surface area contributed by atoms with Crippen LogP contribution >= 0.6 is 11.6 Å². The number of carbonyl (C=O) groups excluding carboxylic acids is 1. The van der Waals surface area contributed by atoms with Gasteiger partial charge in [0.05, 0.1) is 18.7 Å². The van der Waals surface area contributed by atoms with Gasteiger partial charge in [0.25, 0.3) is 0 Å². The van der Waals surface area contributed by atoms with Gasteiger partial charge in [-0.1, -0.05) is 31.5 Å². The summed E-state index contributed by atoms with van der Waals surface area (Å²) in [7, 11) is 1.58. The third kappa shape index (κ3) is 5.94. The van der Waals surface area contributed by atoms with Crippen molar-refractivity contribution >= 4 is 17.5 Å². The Morgan fingerprint density at radius 1 is 1.42 bits per heavy atom. The molecule has 0 bridgehead atoms. The van der Waals surface area contributed by atoms with Crippen molar-refractivity contribution in [3.63, 3.8) is 0 Å². The Kier molecular flexibility index (Phi) is 6.67. The highest BCUT2D eigenvalue weighted by Gasteiger charge is 2.04. The maximum atomic E-state index is 11.5. The van der Waals surface area contributed by atoms with Crippen LogP contribution in [0.15, 0.2) is 18.2 Å². The fraction of sp³-hybridized carbons (Fsp3) is 0.500. The van der Waals surface area contributed by atoms with Crippen molar-refractivity contribution in [1.82, 2.24) is 10.6 Å². The van der Waals surface area contributed by atoms with Crippen LogP contribution in [0.4, 0.5) is 0 Å². The van der Waals surface area contributed by atoms with Crippen molar-refractivity contribution in [3.05, 3.63) is 28.8 Å². The SMILES string of the molecule is COc1ccc(CNCC(=O)NCC(C)C)cc1Cl. The summed E-state index contributed by atoms with van der Waals surface area (Å²) in [5.74, 6) is 1.12. The van der Waals surface area contributed by atoms with Gasteiger partial charge in [-0.15, -0.1) is 0 Å². The number of hydrogen-bond acceptors (Lipinski definition) is 3. The molecule has 1 rings (SSSR count). The number of nitrogens with one attached hydrogen (secondary N) is 2. The van der Waals surface area contributed by atoms with Crippen molar-refractivity contribution in [2.45, 2.75) is 20.4 Å². The van der Waals surface area contributed by atoms with E-state index in [2.05, 4.69) is 24.5 Å². The van der Waals surface area contributed by atoms with Crippen LogP contribution in [0.1, 0.15) is 19.4 Å². The molecule has 0 aliphatic rings. The van der Waals surface area contributed by atoms with Crippen LogP contribution in [0.25, 0.3) is 0 Å². The van der Waals surface area contributed by atoms with E-state index in [1.807, 2.05) is 18.2 Å². The van der Waals surface area contributed by atoms with Crippen LogP contribution in [0.2, 0.25) is 5.02 Å². The van der Waals surface area contributed by atoms with Crippen molar-refractivity contribution in [2.24, 2.45) is 5.92 Å². The smallest absolute Gasteiger partial charge is 0.233 e. The quantitative estimate of drug-likeness (QED) is 0.807. The lowest BCUT2D eigenvalue weighted by Gasteiger charge is -2.09. The van der Waals surface area contributed by atoms with E-state index in [0.29, 0.717) is 36.3 Å². The fourth-order valence-corrected chi connectivity index (χ4v) is 1.80. The lowest BCUT2D eigenvalue weighted by atomic mass is 10.2. The lowest BCUT2D eigenvalue weighted by Crippen LogP contribution is -2.35. The molecule has 0 saturated heterocycles. The highest BCUT2D eigenvalue weighted by molar-refractivity contribution is 6.32. The summed E-state index contributed by atoms with van der Waals surface area (Å²) in [6.07, 6.45) is 0. The Hall–Kier alpha value is -1.26. The van der Waals surface area contributed by atoms with E-state index in [1.54, 1.807) is 7.11 Å². The minimum Gasteiger partial charge on any atom is -0.495 e. The number of amides is 1. The van der Waals surface area contributed by atoms with Gasteiger partial charge in [-0.3, -0.25) is 4.79 Å². The largest absolute Gasteiger partial charge is 0.495 e. The predicted molar refractivity (Wildman–Crippen MR) is 77.6 cm³/mol. The first-order chi connectivity index (χ1) is 9.02. The molecule has 0 aromatic heterocycles. The normalized spacial score (nSPS) is 10.6. The van der Waals surface area contributed by atoms with Crippen LogP contribution in [0.3, 0.4) is 0 Å². The second-order valence-electron chi connectivity index (χ2n) is 4.77. The van der Waals surface area contributed by atoms with Crippen LogP contribution < -0.4 is 15.4 Å². The van der Waals surface area contributed by atoms with Crippen LogP contribution in [0, 0.1) is 5.92 Å². The zero-order chi connectivity index (χ0) is 14.3. The molecular formula is C14H21ClN2O2. The Morgan fingerprint density at radius 2 is 2.16 bits per heavy atom. The van der Waals surface area contributed by atoms with Gasteiger partial charge >= 0.3 is 0 Å². The van der Waals surface area contributed by atoms with E-state index < -0.39 is 0 Å². The molecule has 0 atom stereocenters. The van der Waals surface area contributed by atoms with Gasteiger partial charge in [0.1, 0.15) is 5.75 Å². The average molecular weight is 285 g/mol. The summed E-state index contributed by atoms with van der Waals surface area (Å²) in [5, 5.41) is 6.50. The summed E-state index contributed by atoms with van der Waals surface area (Å²) < 4.78 is 5.08. The monoisotopic (exact) mass is 284 g/mol. The van der Waals surface area contributed by atoms with Crippen molar-refractivity contribution in [1.29, 1.82) is 0 Å². The zero-order valence-corrected chi connectivity index (χ0v) is 12.4. The third-order valence-electron chi connectivity index (χ3n) is 2.54. The Bertz CT molecular complexity index is 422. The van der Waals surface area contributed by atoms with E-state index in [1.165, 1.54) is 0 Å². The molecule has 5 heteroatoms. The summed E-state index contributed by atoms with van der Waals surface area (Å²) in [6.45, 7) is 5.73. The molecule has 0 spiro atoms. The van der Waals surface area contributed by atoms with Crippen molar-refractivity contribution in [2.75, 3.05) is 20.2 Å². The number of ether oxygens (including phenoxy) is 1. The van der Waals surface area contributed by atoms with Crippen LogP contribution in [0.5, 0.6) is 5.75 Å². The summed E-state index contributed by atoms with van der Waals surface area (Å²) >= 11 is 6.02. The molecule has 1 aromatic rings. The molecule has 19 heavy (non-hydrogen) atoms. The molecule has 0 heterocycles. The van der Waals surface area contributed by atoms with E-state index in [4.69, 9.17) is 16.3 Å². The summed E-state index contributed by atoms with van der Waals surface area (Å²) in [4.78, 5) is 11.5. The first-order valence-electron chi connectivity index (χ1n) is 6.32. The Balaban J connectivity index is 2.33. The Morgan fingerprint density at radius 3 is 2.74 bits per heavy atom. The lowest BCUT2D eigenvalue weighted by molar-refractivity contribution is -0.120. The van der Waals surface area contributed by atoms with Gasteiger partial charge in [0.2, 0.25) is 5.91 Å². The second kappa shape index (κ2) is 8.02. The molecule has 0 radical (unpaired) electrons. The van der Waals surface area contributed by atoms with E-state index in [0.717, 1.165) is 5.56 Å². The molecule has 2 N–H and O–H groups in total. The second-order valence-corrected chi connectivity index (χ2v) is 5.18. The number of hydrogen-bond donors (Lipinski definition) is 2. The molecule has 0 aliphatic heterocycles. The average Bonchev–Trinajstić information content (AvgIpc) is 2.36. The van der Waals surface area contributed by atoms with E-state index in [-0.39, 0.29) is 5.91 Å². The molecular weight excluding hydrogens is 264 g/mol. The van der Waals surface area contributed by atoms with E-state index >= 15 is 0 Å². The Labute approximate surface area is 119 Å². The highest BCUT2D eigenvalue weighted by atomic mass is 35.5. The predicted octanol–water partition coefficient (Wildman–Crippen LogP) is 2.21. The molecule has 1 amide bonds. The summed E-state index contributed by atoms with van der Waals surface area (Å²) in [6, 6.07) is 5.57. The maximum Gasteiger partial charge on any atom is 0.233 e. The molecule has 0 fully saturated rings. The number of methoxy groups -OCH3 is 1. The van der Waals surface area contributed by atoms with Crippen molar-refractivity contribution < 1.29 is 9.53 Å². The standard InChI is InChI=1S/C14H21ClN2O2/c1-10(2)7-17-14(18)9-16-8-11-4-5-13(19-3)12(15)6-11/h4-6,10,16H,7-9H2,1-3H3,(H,17,18). The van der Waals surface area contributed by atoms with E-state index in [9.17, 15) is 4.79 Å². The van der Waals surface area contributed by atoms with Gasteiger partial charge in [-0.25, -0.2) is 0 Å². The molecule has 0 aliphatic carbocycles. The number of halogens is 1. The fourth-order valence-electron chi connectivity index (χ4n) is 1.52. The van der Waals surface area contributed by atoms with Gasteiger partial charge in [-0.05, 0) is 23.6 Å². The first kappa shape index (κ1) is 15.8. The number of rotatable bonds is 7. The molecule has 4 nitrogen and oxygen atoms in total. The van der Waals surface area contributed by atoms with Gasteiger partial charge in [0.15, 0.2) is 0 Å². The molecule has 0 unspecified atom stereocenters. The molecule has 0 saturated carbocycles. The minimum atomic E-state index is 0.00769. The third-order valence-corrected chi connectivity index (χ3v) is 2.83. The van der Waals surface area contributed by atoms with Gasteiger partial charge in [-0.2, -0.15) is 0 Å². The minimum absolute atomic E-state index is 0.00769. The first-order valence-corrected chi connectivity index (χ1v) is 6.70. The van der Waals surface area contributed by atoms with Gasteiger partial charge < -0.3 is 15.4 Å². The van der Waals surface area contributed by atoms with Crippen molar-refractivity contribution in [3.8, 4) is 5.75 Å². The maximum absolute atomic E-state index is 11.5.